The van der Waals surface area contributed by atoms with Crippen LogP contribution in [0, 0.1) is 0 Å². The molecule has 13 nitrogen and oxygen atoms in total. The number of aliphatic hydroxyl groups is 1. The number of carbonyl (C=O) groups is 1. The zero-order chi connectivity index (χ0) is 28.4. The van der Waals surface area contributed by atoms with Gasteiger partial charge in [0, 0.05) is 44.0 Å². The fraction of sp³-hybridized carbons (Fsp3) is 0.577. The Morgan fingerprint density at radius 3 is 2.62 bits per heavy atom. The molecule has 1 amide bonds. The minimum Gasteiger partial charge on any atom is -0.481 e. The van der Waals surface area contributed by atoms with E-state index in [0.717, 1.165) is 43.6 Å². The van der Waals surface area contributed by atoms with Crippen LogP contribution in [0.25, 0.3) is 11.0 Å². The monoisotopic (exact) mass is 543 g/mol. The van der Waals surface area contributed by atoms with Crippen LogP contribution in [0.1, 0.15) is 37.3 Å². The molecule has 0 unspecified atom stereocenters. The Morgan fingerprint density at radius 2 is 1.95 bits per heavy atom. The summed E-state index contributed by atoms with van der Waals surface area (Å²) in [6, 6.07) is 2.06. The highest BCUT2D eigenvalue weighted by molar-refractivity contribution is 5.89. The van der Waals surface area contributed by atoms with Gasteiger partial charge in [-0.15, -0.1) is 0 Å². The zero-order valence-electron chi connectivity index (χ0n) is 23.8. The highest BCUT2D eigenvalue weighted by atomic mass is 16.5. The van der Waals surface area contributed by atoms with Crippen LogP contribution < -0.4 is 15.4 Å². The zero-order valence-corrected chi connectivity index (χ0v) is 23.8. The molecule has 3 aromatic rings. The molecule has 3 heterocycles. The lowest BCUT2D eigenvalue weighted by Gasteiger charge is -2.20. The predicted octanol–water partition coefficient (Wildman–Crippen LogP) is 2.41. The lowest BCUT2D eigenvalue weighted by atomic mass is 10.1. The van der Waals surface area contributed by atoms with E-state index in [0.29, 0.717) is 35.7 Å². The molecule has 3 N–H and O–H groups in total. The van der Waals surface area contributed by atoms with Gasteiger partial charge in [-0.25, -0.2) is 14.8 Å². The summed E-state index contributed by atoms with van der Waals surface area (Å²) in [5.74, 6) is 1.11. The van der Waals surface area contributed by atoms with Gasteiger partial charge >= 0.3 is 6.09 Å². The van der Waals surface area contributed by atoms with Crippen molar-refractivity contribution in [1.29, 1.82) is 0 Å². The summed E-state index contributed by atoms with van der Waals surface area (Å²) in [6.07, 6.45) is 5.11. The van der Waals surface area contributed by atoms with Gasteiger partial charge in [-0.1, -0.05) is 13.3 Å². The molecule has 0 fully saturated rings. The molecular formula is C26H41N9O4. The smallest absolute Gasteiger partial charge is 0.413 e. The number of methoxy groups -OCH3 is 2. The number of hydrogen-bond donors (Lipinski definition) is 3. The molecule has 3 aromatic heterocycles. The lowest BCUT2D eigenvalue weighted by Crippen LogP contribution is -2.28. The van der Waals surface area contributed by atoms with E-state index in [2.05, 4.69) is 74.6 Å². The summed E-state index contributed by atoms with van der Waals surface area (Å²) < 4.78 is 12.1. The van der Waals surface area contributed by atoms with Gasteiger partial charge in [-0.05, 0) is 45.6 Å². The van der Waals surface area contributed by atoms with Crippen molar-refractivity contribution in [2.45, 2.75) is 45.3 Å². The summed E-state index contributed by atoms with van der Waals surface area (Å²) in [4.78, 5) is 29.8. The minimum atomic E-state index is -0.670. The van der Waals surface area contributed by atoms with Gasteiger partial charge in [0.05, 0.1) is 27.0 Å². The van der Waals surface area contributed by atoms with Gasteiger partial charge in [-0.2, -0.15) is 10.1 Å². The minimum absolute atomic E-state index is 0.0235. The van der Waals surface area contributed by atoms with Gasteiger partial charge in [0.15, 0.2) is 5.82 Å². The van der Waals surface area contributed by atoms with E-state index in [4.69, 9.17) is 9.47 Å². The molecule has 0 aliphatic carbocycles. The maximum absolute atomic E-state index is 11.8. The van der Waals surface area contributed by atoms with Gasteiger partial charge in [0.25, 0.3) is 0 Å². The molecule has 0 aliphatic rings. The first-order valence-corrected chi connectivity index (χ1v) is 13.1. The van der Waals surface area contributed by atoms with E-state index in [-0.39, 0.29) is 18.6 Å². The highest BCUT2D eigenvalue weighted by Crippen LogP contribution is 2.27. The van der Waals surface area contributed by atoms with Crippen LogP contribution >= 0.6 is 0 Å². The molecule has 39 heavy (non-hydrogen) atoms. The van der Waals surface area contributed by atoms with Crippen LogP contribution in [0.3, 0.4) is 0 Å². The molecule has 3 rings (SSSR count). The van der Waals surface area contributed by atoms with Crippen LogP contribution in [0.4, 0.5) is 16.6 Å². The molecule has 0 saturated heterocycles. The van der Waals surface area contributed by atoms with Crippen LogP contribution in [0.2, 0.25) is 0 Å². The van der Waals surface area contributed by atoms with Gasteiger partial charge in [0.2, 0.25) is 11.8 Å². The van der Waals surface area contributed by atoms with Crippen molar-refractivity contribution in [3.8, 4) is 5.88 Å². The van der Waals surface area contributed by atoms with Gasteiger partial charge in [0.1, 0.15) is 11.0 Å². The molecule has 0 spiro atoms. The summed E-state index contributed by atoms with van der Waals surface area (Å²) in [6.45, 7) is 5.13. The fourth-order valence-electron chi connectivity index (χ4n) is 4.26. The van der Waals surface area contributed by atoms with E-state index < -0.39 is 6.09 Å². The number of fused-ring (bicyclic) bond motifs is 1. The van der Waals surface area contributed by atoms with Crippen molar-refractivity contribution in [2.75, 3.05) is 65.7 Å². The second-order valence-electron chi connectivity index (χ2n) is 9.74. The third kappa shape index (κ3) is 8.47. The molecule has 0 bridgehead atoms. The molecule has 0 saturated carbocycles. The Bertz CT molecular complexity index is 1210. The maximum atomic E-state index is 11.8. The summed E-state index contributed by atoms with van der Waals surface area (Å²) in [7, 11) is 9.08. The van der Waals surface area contributed by atoms with Crippen molar-refractivity contribution in [3.63, 3.8) is 0 Å². The number of likely N-dealkylation sites (N-methyl/N-ethyl adjacent to an activating group) is 2. The van der Waals surface area contributed by atoms with Crippen LogP contribution in [-0.4, -0.2) is 107 Å². The number of rotatable bonds is 15. The maximum Gasteiger partial charge on any atom is 0.413 e. The topological polar surface area (TPSA) is 143 Å². The van der Waals surface area contributed by atoms with Gasteiger partial charge in [-0.3, -0.25) is 10.00 Å². The fourth-order valence-corrected chi connectivity index (χ4v) is 4.26. The van der Waals surface area contributed by atoms with Crippen molar-refractivity contribution >= 4 is 28.9 Å². The van der Waals surface area contributed by atoms with E-state index in [1.54, 1.807) is 18.0 Å². The standard InChI is InChI=1S/C26H41N9O4/c1-7-8-20(9-12-36)29-23-22-21(30-25(31-23)32-26(37)39-6)15-28-35(22)17-19-13-18(14-27-24(19)38-5)16-34(4)11-10-33(2)3/h13-15,20,36H,7-12,16-17H2,1-6H3,(H2,29,30,31,32,37)/t20-/m0/s1. The number of aliphatic hydroxyl groups excluding tert-OH is 1. The second kappa shape index (κ2) is 14.6. The van der Waals surface area contributed by atoms with Crippen molar-refractivity contribution < 1.29 is 19.4 Å². The van der Waals surface area contributed by atoms with E-state index in [1.807, 2.05) is 6.20 Å². The Labute approximate surface area is 229 Å². The van der Waals surface area contributed by atoms with Crippen LogP contribution in [0.5, 0.6) is 5.88 Å². The number of anilines is 2. The molecule has 0 radical (unpaired) electrons. The largest absolute Gasteiger partial charge is 0.481 e. The third-order valence-electron chi connectivity index (χ3n) is 6.22. The number of aromatic nitrogens is 5. The summed E-state index contributed by atoms with van der Waals surface area (Å²) in [5, 5.41) is 20.1. The average Bonchev–Trinajstić information content (AvgIpc) is 3.30. The number of amides is 1. The van der Waals surface area contributed by atoms with E-state index in [1.165, 1.54) is 7.11 Å². The molecule has 0 aliphatic heterocycles. The lowest BCUT2D eigenvalue weighted by molar-refractivity contribution is 0.186. The first kappa shape index (κ1) is 30.0. The first-order chi connectivity index (χ1) is 18.8. The van der Waals surface area contributed by atoms with E-state index >= 15 is 0 Å². The molecule has 0 aromatic carbocycles. The van der Waals surface area contributed by atoms with Crippen LogP contribution in [0.15, 0.2) is 18.5 Å². The van der Waals surface area contributed by atoms with Crippen molar-refractivity contribution in [3.05, 3.63) is 29.6 Å². The molecule has 1 atom stereocenters. The highest BCUT2D eigenvalue weighted by Gasteiger charge is 2.19. The quantitative estimate of drug-likeness (QED) is 0.260. The molecular weight excluding hydrogens is 502 g/mol. The Morgan fingerprint density at radius 1 is 1.15 bits per heavy atom. The molecule has 214 valence electrons. The number of ether oxygens (including phenoxy) is 2. The Balaban J connectivity index is 1.98. The summed E-state index contributed by atoms with van der Waals surface area (Å²) >= 11 is 0. The number of nitrogens with zero attached hydrogens (tertiary/aromatic N) is 7. The summed E-state index contributed by atoms with van der Waals surface area (Å²) in [5.41, 5.74) is 3.14. The second-order valence-corrected chi connectivity index (χ2v) is 9.74. The van der Waals surface area contributed by atoms with Crippen LogP contribution in [-0.2, 0) is 17.8 Å². The number of carbonyl (C=O) groups excluding carboxylic acids is 1. The third-order valence-corrected chi connectivity index (χ3v) is 6.22. The van der Waals surface area contributed by atoms with Gasteiger partial charge < -0.3 is 29.7 Å². The van der Waals surface area contributed by atoms with E-state index in [9.17, 15) is 9.90 Å². The first-order valence-electron chi connectivity index (χ1n) is 13.1. The molecule has 13 heteroatoms. The number of nitrogens with one attached hydrogen (secondary N) is 2. The average molecular weight is 544 g/mol. The van der Waals surface area contributed by atoms with Crippen molar-refractivity contribution in [2.24, 2.45) is 0 Å². The normalized spacial score (nSPS) is 12.2. The Hall–Kier alpha value is -3.55. The number of hydrogen-bond acceptors (Lipinski definition) is 11. The SMILES string of the molecule is CCC[C@@H](CCO)Nc1nc(NC(=O)OC)nc2cnn(Cc3cc(CN(C)CCN(C)C)cnc3OC)c12. The Kier molecular flexibility index (Phi) is 11.2. The number of pyridine rings is 1. The predicted molar refractivity (Wildman–Crippen MR) is 150 cm³/mol. The van der Waals surface area contributed by atoms with Crippen molar-refractivity contribution in [1.82, 2.24) is 34.5 Å².